The summed E-state index contributed by atoms with van der Waals surface area (Å²) in [7, 11) is 0. The quantitative estimate of drug-likeness (QED) is 0.761. The Morgan fingerprint density at radius 2 is 1.93 bits per heavy atom. The molecule has 7 heteroatoms. The molecule has 2 heterocycles. The van der Waals surface area contributed by atoms with Gasteiger partial charge in [0.2, 0.25) is 5.88 Å². The van der Waals surface area contributed by atoms with Crippen molar-refractivity contribution in [3.63, 3.8) is 0 Å². The van der Waals surface area contributed by atoms with Crippen molar-refractivity contribution < 1.29 is 19.0 Å². The van der Waals surface area contributed by atoms with Gasteiger partial charge in [0, 0.05) is 36.1 Å². The first-order valence-corrected chi connectivity index (χ1v) is 8.53. The van der Waals surface area contributed by atoms with Gasteiger partial charge < -0.3 is 19.5 Å². The fourth-order valence-electron chi connectivity index (χ4n) is 2.60. The Morgan fingerprint density at radius 1 is 1.04 bits per heavy atom. The third-order valence-corrected chi connectivity index (χ3v) is 3.86. The zero-order valence-corrected chi connectivity index (χ0v) is 14.4. The van der Waals surface area contributed by atoms with E-state index in [-0.39, 0.29) is 5.91 Å². The predicted molar refractivity (Wildman–Crippen MR) is 98.6 cm³/mol. The van der Waals surface area contributed by atoms with Crippen LogP contribution in [0, 0.1) is 0 Å². The van der Waals surface area contributed by atoms with Gasteiger partial charge in [0.05, 0.1) is 19.4 Å². The molecule has 0 saturated carbocycles. The molecule has 1 amide bonds. The minimum absolute atomic E-state index is 0.248. The zero-order chi connectivity index (χ0) is 18.5. The number of anilines is 1. The van der Waals surface area contributed by atoms with Crippen molar-refractivity contribution in [2.75, 3.05) is 18.5 Å². The van der Waals surface area contributed by atoms with Crippen LogP contribution in [-0.2, 0) is 0 Å². The fraction of sp³-hybridized carbons (Fsp3) is 0.150. The highest BCUT2D eigenvalue weighted by molar-refractivity contribution is 6.04. The summed E-state index contributed by atoms with van der Waals surface area (Å²) in [6.07, 6.45) is 5.45. The van der Waals surface area contributed by atoms with Gasteiger partial charge in [0.15, 0.2) is 11.5 Å². The van der Waals surface area contributed by atoms with Crippen molar-refractivity contribution in [2.24, 2.45) is 0 Å². The van der Waals surface area contributed by atoms with Crippen LogP contribution in [-0.4, -0.2) is 29.1 Å². The molecule has 0 spiro atoms. The van der Waals surface area contributed by atoms with E-state index in [4.69, 9.17) is 14.2 Å². The van der Waals surface area contributed by atoms with Gasteiger partial charge in [-0.15, -0.1) is 0 Å². The molecule has 7 nitrogen and oxygen atoms in total. The molecule has 1 aliphatic heterocycles. The summed E-state index contributed by atoms with van der Waals surface area (Å²) < 4.78 is 16.9. The number of hydrogen-bond acceptors (Lipinski definition) is 6. The van der Waals surface area contributed by atoms with Crippen LogP contribution in [0.5, 0.6) is 23.1 Å². The number of rotatable bonds is 4. The predicted octanol–water partition coefficient (Wildman–Crippen LogP) is 3.68. The van der Waals surface area contributed by atoms with Crippen LogP contribution in [0.4, 0.5) is 5.69 Å². The molecule has 136 valence electrons. The van der Waals surface area contributed by atoms with E-state index < -0.39 is 0 Å². The van der Waals surface area contributed by atoms with Crippen LogP contribution in [0.1, 0.15) is 16.8 Å². The number of carbonyl (C=O) groups is 1. The topological polar surface area (TPSA) is 82.6 Å². The zero-order valence-electron chi connectivity index (χ0n) is 14.4. The van der Waals surface area contributed by atoms with Crippen molar-refractivity contribution in [3.8, 4) is 23.1 Å². The van der Waals surface area contributed by atoms with Gasteiger partial charge in [-0.05, 0) is 30.3 Å². The van der Waals surface area contributed by atoms with E-state index in [0.29, 0.717) is 47.6 Å². The summed E-state index contributed by atoms with van der Waals surface area (Å²) >= 11 is 0. The van der Waals surface area contributed by atoms with E-state index in [0.717, 1.165) is 6.42 Å². The number of fused-ring (bicyclic) bond motifs is 1. The van der Waals surface area contributed by atoms with Crippen molar-refractivity contribution in [3.05, 3.63) is 66.6 Å². The van der Waals surface area contributed by atoms with E-state index in [9.17, 15) is 4.79 Å². The first kappa shape index (κ1) is 16.8. The highest BCUT2D eigenvalue weighted by Crippen LogP contribution is 2.31. The van der Waals surface area contributed by atoms with Crippen LogP contribution in [0.25, 0.3) is 0 Å². The van der Waals surface area contributed by atoms with E-state index >= 15 is 0 Å². The summed E-state index contributed by atoms with van der Waals surface area (Å²) in [6, 6.07) is 12.2. The van der Waals surface area contributed by atoms with Gasteiger partial charge in [-0.25, -0.2) is 4.98 Å². The lowest BCUT2D eigenvalue weighted by atomic mass is 10.2. The molecular weight excluding hydrogens is 346 g/mol. The molecule has 1 aromatic heterocycles. The highest BCUT2D eigenvalue weighted by Gasteiger charge is 2.14. The number of carbonyl (C=O) groups excluding carboxylic acids is 1. The summed E-state index contributed by atoms with van der Waals surface area (Å²) in [6.45, 7) is 1.18. The second-order valence-electron chi connectivity index (χ2n) is 5.84. The molecule has 0 bridgehead atoms. The third-order valence-electron chi connectivity index (χ3n) is 3.86. The number of nitrogens with one attached hydrogen (secondary N) is 1. The SMILES string of the molecule is O=C(Nc1cccc(Oc2cnccn2)c1)c1ccc2c(c1)OCCCO2. The minimum atomic E-state index is -0.248. The smallest absolute Gasteiger partial charge is 0.255 e. The minimum Gasteiger partial charge on any atom is -0.490 e. The standard InChI is InChI=1S/C20H17N3O4/c24-20(14-5-6-17-18(11-14)26-10-2-9-25-17)23-15-3-1-4-16(12-15)27-19-13-21-7-8-22-19/h1,3-8,11-13H,2,9-10H2,(H,23,24). The normalized spacial score (nSPS) is 12.7. The maximum atomic E-state index is 12.6. The summed E-state index contributed by atoms with van der Waals surface area (Å²) in [4.78, 5) is 20.6. The number of hydrogen-bond donors (Lipinski definition) is 1. The van der Waals surface area contributed by atoms with Gasteiger partial charge in [-0.2, -0.15) is 0 Å². The van der Waals surface area contributed by atoms with Gasteiger partial charge in [0.25, 0.3) is 5.91 Å². The molecule has 0 radical (unpaired) electrons. The van der Waals surface area contributed by atoms with E-state index in [1.807, 2.05) is 0 Å². The van der Waals surface area contributed by atoms with Crippen molar-refractivity contribution in [1.82, 2.24) is 9.97 Å². The Hall–Kier alpha value is -3.61. The molecule has 1 aliphatic rings. The van der Waals surface area contributed by atoms with Crippen molar-refractivity contribution in [2.45, 2.75) is 6.42 Å². The number of ether oxygens (including phenoxy) is 3. The summed E-state index contributed by atoms with van der Waals surface area (Å²) in [5, 5.41) is 2.86. The molecule has 1 N–H and O–H groups in total. The molecule has 2 aromatic carbocycles. The molecule has 0 atom stereocenters. The van der Waals surface area contributed by atoms with Gasteiger partial charge in [-0.1, -0.05) is 6.07 Å². The maximum absolute atomic E-state index is 12.6. The van der Waals surface area contributed by atoms with E-state index in [1.54, 1.807) is 54.9 Å². The highest BCUT2D eigenvalue weighted by atomic mass is 16.5. The lowest BCUT2D eigenvalue weighted by Gasteiger charge is -2.11. The number of amides is 1. The van der Waals surface area contributed by atoms with Crippen LogP contribution in [0.2, 0.25) is 0 Å². The molecule has 4 rings (SSSR count). The van der Waals surface area contributed by atoms with E-state index in [1.165, 1.54) is 6.20 Å². The van der Waals surface area contributed by atoms with E-state index in [2.05, 4.69) is 15.3 Å². The average Bonchev–Trinajstić information content (AvgIpc) is 2.94. The van der Waals surface area contributed by atoms with Crippen LogP contribution < -0.4 is 19.5 Å². The number of benzene rings is 2. The van der Waals surface area contributed by atoms with Crippen molar-refractivity contribution in [1.29, 1.82) is 0 Å². The molecule has 0 unspecified atom stereocenters. The van der Waals surface area contributed by atoms with Gasteiger partial charge >= 0.3 is 0 Å². The molecule has 27 heavy (non-hydrogen) atoms. The first-order chi connectivity index (χ1) is 13.3. The third kappa shape index (κ3) is 4.14. The van der Waals surface area contributed by atoms with Crippen LogP contribution in [0.15, 0.2) is 61.1 Å². The van der Waals surface area contributed by atoms with Crippen LogP contribution in [0.3, 0.4) is 0 Å². The lowest BCUT2D eigenvalue weighted by Crippen LogP contribution is -2.12. The largest absolute Gasteiger partial charge is 0.490 e. The second kappa shape index (κ2) is 7.74. The van der Waals surface area contributed by atoms with Gasteiger partial charge in [0.1, 0.15) is 5.75 Å². The number of nitrogens with zero attached hydrogens (tertiary/aromatic N) is 2. The average molecular weight is 363 g/mol. The maximum Gasteiger partial charge on any atom is 0.255 e. The monoisotopic (exact) mass is 363 g/mol. The Labute approximate surface area is 155 Å². The molecular formula is C20H17N3O4. The Balaban J connectivity index is 1.48. The van der Waals surface area contributed by atoms with Gasteiger partial charge in [-0.3, -0.25) is 9.78 Å². The Kier molecular flexibility index (Phi) is 4.82. The first-order valence-electron chi connectivity index (χ1n) is 8.53. The Bertz CT molecular complexity index is 947. The molecule has 3 aromatic rings. The fourth-order valence-corrected chi connectivity index (χ4v) is 2.60. The molecule has 0 aliphatic carbocycles. The Morgan fingerprint density at radius 3 is 2.78 bits per heavy atom. The second-order valence-corrected chi connectivity index (χ2v) is 5.84. The summed E-state index contributed by atoms with van der Waals surface area (Å²) in [5.74, 6) is 1.92. The summed E-state index contributed by atoms with van der Waals surface area (Å²) in [5.41, 5.74) is 1.09. The molecule has 0 saturated heterocycles. The lowest BCUT2D eigenvalue weighted by molar-refractivity contribution is 0.102. The number of aromatic nitrogens is 2. The van der Waals surface area contributed by atoms with Crippen LogP contribution >= 0.6 is 0 Å². The van der Waals surface area contributed by atoms with Crippen molar-refractivity contribution >= 4 is 11.6 Å². The molecule has 0 fully saturated rings.